The molecule has 0 amide bonds. The molecule has 10 heteroatoms. The molecular formula is C40H49ClF3NO5. The number of carbonyl (C=O) groups is 2. The molecule has 0 saturated heterocycles. The van der Waals surface area contributed by atoms with Crippen molar-refractivity contribution in [2.45, 2.75) is 96.4 Å². The van der Waals surface area contributed by atoms with Crippen LogP contribution in [0.15, 0.2) is 72.8 Å². The minimum absolute atomic E-state index is 0. The van der Waals surface area contributed by atoms with E-state index in [0.29, 0.717) is 54.0 Å². The van der Waals surface area contributed by atoms with E-state index in [2.05, 4.69) is 18.3 Å². The molecule has 2 saturated carbocycles. The van der Waals surface area contributed by atoms with Crippen LogP contribution in [0.4, 0.5) is 13.2 Å². The number of rotatable bonds is 9. The van der Waals surface area contributed by atoms with Gasteiger partial charge < -0.3 is 19.9 Å². The van der Waals surface area contributed by atoms with Gasteiger partial charge in [0.25, 0.3) is 0 Å². The van der Waals surface area contributed by atoms with Gasteiger partial charge in [0.1, 0.15) is 18.5 Å². The molecule has 0 spiro atoms. The molecule has 0 aliphatic heterocycles. The van der Waals surface area contributed by atoms with E-state index in [1.54, 1.807) is 30.3 Å². The minimum atomic E-state index is -4.34. The number of hydrogen-bond acceptors (Lipinski definition) is 6. The molecule has 6 atom stereocenters. The lowest BCUT2D eigenvalue weighted by Crippen LogP contribution is -2.45. The number of aryl methyl sites for hydroxylation is 1. The van der Waals surface area contributed by atoms with Crippen LogP contribution in [0.2, 0.25) is 0 Å². The Labute approximate surface area is 299 Å². The zero-order chi connectivity index (χ0) is 35.2. The Hall–Kier alpha value is -3.56. The summed E-state index contributed by atoms with van der Waals surface area (Å²) >= 11 is 0. The predicted molar refractivity (Wildman–Crippen MR) is 189 cm³/mol. The molecule has 0 radical (unpaired) electrons. The molecule has 0 aromatic heterocycles. The molecular weight excluding hydrogens is 667 g/mol. The van der Waals surface area contributed by atoms with Crippen LogP contribution in [0.25, 0.3) is 0 Å². The van der Waals surface area contributed by atoms with Crippen molar-refractivity contribution in [1.29, 1.82) is 0 Å². The van der Waals surface area contributed by atoms with E-state index in [9.17, 15) is 27.9 Å². The van der Waals surface area contributed by atoms with Crippen molar-refractivity contribution in [2.24, 2.45) is 17.3 Å². The Morgan fingerprint density at radius 3 is 2.48 bits per heavy atom. The van der Waals surface area contributed by atoms with Crippen molar-refractivity contribution in [3.8, 4) is 5.75 Å². The first-order valence-electron chi connectivity index (χ1n) is 17.5. The fourth-order valence-corrected chi connectivity index (χ4v) is 8.36. The highest BCUT2D eigenvalue weighted by Gasteiger charge is 2.56. The van der Waals surface area contributed by atoms with E-state index in [1.165, 1.54) is 36.5 Å². The normalized spacial score (nSPS) is 24.2. The SMILES string of the molecule is CC(Cc1cccc(C(F)(F)F)c1)NCCOC(=O)c1ccccc1.CCC(=O)OC1CCC2C3CCc4cc(O)ccc4C3CCC12C.Cl. The Kier molecular flexibility index (Phi) is 13.4. The van der Waals surface area contributed by atoms with Crippen LogP contribution in [0, 0.1) is 17.3 Å². The molecule has 6 rings (SSSR count). The van der Waals surface area contributed by atoms with Gasteiger partial charge in [-0.15, -0.1) is 12.4 Å². The van der Waals surface area contributed by atoms with Gasteiger partial charge in [0, 0.05) is 24.4 Å². The van der Waals surface area contributed by atoms with Gasteiger partial charge in [0.15, 0.2) is 0 Å². The number of phenolic OH excluding ortho intramolecular Hbond substituents is 1. The average molecular weight is 716 g/mol. The highest BCUT2D eigenvalue weighted by molar-refractivity contribution is 5.89. The Bertz CT molecular complexity index is 1580. The minimum Gasteiger partial charge on any atom is -0.508 e. The van der Waals surface area contributed by atoms with E-state index in [0.717, 1.165) is 31.4 Å². The van der Waals surface area contributed by atoms with Crippen molar-refractivity contribution in [3.63, 3.8) is 0 Å². The number of aromatic hydroxyl groups is 1. The number of esters is 2. The fourth-order valence-electron chi connectivity index (χ4n) is 8.36. The molecule has 3 aromatic rings. The van der Waals surface area contributed by atoms with Gasteiger partial charge in [-0.3, -0.25) is 4.79 Å². The Morgan fingerprint density at radius 2 is 1.76 bits per heavy atom. The third-order valence-electron chi connectivity index (χ3n) is 10.8. The zero-order valence-electron chi connectivity index (χ0n) is 29.0. The van der Waals surface area contributed by atoms with Gasteiger partial charge in [-0.2, -0.15) is 13.2 Å². The quantitative estimate of drug-likeness (QED) is 0.170. The lowest BCUT2D eigenvalue weighted by atomic mass is 9.55. The number of hydrogen-bond donors (Lipinski definition) is 2. The maximum absolute atomic E-state index is 12.7. The molecule has 3 aliphatic carbocycles. The van der Waals surface area contributed by atoms with Crippen molar-refractivity contribution in [1.82, 2.24) is 5.32 Å². The van der Waals surface area contributed by atoms with Gasteiger partial charge in [0.2, 0.25) is 0 Å². The standard InChI is InChI=1S/C21H28O3.C19H20F3NO2.ClH/c1-3-20(23)24-19-9-8-18-17-6-4-13-12-14(22)5-7-15(13)16(17)10-11-21(18,19)2;1-14(12-15-6-5-9-17(13-15)19(20,21)22)23-10-11-25-18(24)16-7-3-2-4-8-16;/h5,7,12,16-19,22H,3-4,6,8-11H2,1-2H3;2-9,13-14,23H,10-12H2,1H3;1H. The van der Waals surface area contributed by atoms with Crippen molar-refractivity contribution < 1.29 is 37.3 Å². The summed E-state index contributed by atoms with van der Waals surface area (Å²) in [5.41, 5.74) is 3.40. The van der Waals surface area contributed by atoms with Crippen molar-refractivity contribution in [2.75, 3.05) is 13.2 Å². The molecule has 6 nitrogen and oxygen atoms in total. The maximum atomic E-state index is 12.7. The lowest BCUT2D eigenvalue weighted by molar-refractivity contribution is -0.157. The third-order valence-corrected chi connectivity index (χ3v) is 10.8. The molecule has 0 heterocycles. The van der Waals surface area contributed by atoms with Crippen LogP contribution >= 0.6 is 12.4 Å². The summed E-state index contributed by atoms with van der Waals surface area (Å²) in [5, 5.41) is 12.9. The summed E-state index contributed by atoms with van der Waals surface area (Å²) < 4.78 is 49.1. The molecule has 50 heavy (non-hydrogen) atoms. The molecule has 2 fully saturated rings. The van der Waals surface area contributed by atoms with Crippen LogP contribution in [0.1, 0.15) is 97.8 Å². The summed E-state index contributed by atoms with van der Waals surface area (Å²) in [7, 11) is 0. The van der Waals surface area contributed by atoms with E-state index in [4.69, 9.17) is 9.47 Å². The van der Waals surface area contributed by atoms with E-state index >= 15 is 0 Å². The van der Waals surface area contributed by atoms with Crippen LogP contribution in [-0.2, 0) is 33.3 Å². The topological polar surface area (TPSA) is 84.9 Å². The number of nitrogens with one attached hydrogen (secondary N) is 1. The van der Waals surface area contributed by atoms with Crippen LogP contribution in [-0.4, -0.2) is 42.3 Å². The molecule has 272 valence electrons. The summed E-state index contributed by atoms with van der Waals surface area (Å²) in [5.74, 6) is 1.92. The fraction of sp³-hybridized carbons (Fsp3) is 0.500. The number of fused-ring (bicyclic) bond motifs is 5. The number of phenols is 1. The average Bonchev–Trinajstić information content (AvgIpc) is 3.42. The molecule has 0 bridgehead atoms. The number of halogens is 4. The lowest BCUT2D eigenvalue weighted by Gasteiger charge is -2.50. The summed E-state index contributed by atoms with van der Waals surface area (Å²) in [6.07, 6.45) is 3.50. The van der Waals surface area contributed by atoms with E-state index in [1.807, 2.05) is 32.0 Å². The van der Waals surface area contributed by atoms with Gasteiger partial charge >= 0.3 is 18.1 Å². The highest BCUT2D eigenvalue weighted by Crippen LogP contribution is 2.61. The first-order chi connectivity index (χ1) is 23.4. The first kappa shape index (κ1) is 39.2. The maximum Gasteiger partial charge on any atom is 0.416 e. The van der Waals surface area contributed by atoms with Gasteiger partial charge in [-0.25, -0.2) is 4.79 Å². The number of benzene rings is 3. The summed E-state index contributed by atoms with van der Waals surface area (Å²) in [6.45, 7) is 6.74. The number of carbonyl (C=O) groups excluding carboxylic acids is 2. The molecule has 2 N–H and O–H groups in total. The number of ether oxygens (including phenoxy) is 2. The second-order valence-electron chi connectivity index (χ2n) is 14.0. The van der Waals surface area contributed by atoms with E-state index < -0.39 is 17.7 Å². The summed E-state index contributed by atoms with van der Waals surface area (Å²) in [4.78, 5) is 23.6. The van der Waals surface area contributed by atoms with Crippen LogP contribution in [0.3, 0.4) is 0 Å². The largest absolute Gasteiger partial charge is 0.508 e. The predicted octanol–water partition coefficient (Wildman–Crippen LogP) is 9.07. The van der Waals surface area contributed by atoms with E-state index in [-0.39, 0.29) is 42.5 Å². The van der Waals surface area contributed by atoms with Gasteiger partial charge in [-0.1, -0.05) is 56.3 Å². The smallest absolute Gasteiger partial charge is 0.416 e. The first-order valence-corrected chi connectivity index (χ1v) is 17.5. The van der Waals surface area contributed by atoms with Crippen LogP contribution < -0.4 is 5.32 Å². The molecule has 3 aromatic carbocycles. The monoisotopic (exact) mass is 715 g/mol. The summed E-state index contributed by atoms with van der Waals surface area (Å²) in [6, 6.07) is 19.9. The Morgan fingerprint density at radius 1 is 1.00 bits per heavy atom. The second kappa shape index (κ2) is 17.1. The third kappa shape index (κ3) is 9.40. The van der Waals surface area contributed by atoms with Crippen LogP contribution in [0.5, 0.6) is 5.75 Å². The number of alkyl halides is 3. The zero-order valence-corrected chi connectivity index (χ0v) is 29.8. The molecule has 3 aliphatic rings. The highest BCUT2D eigenvalue weighted by atomic mass is 35.5. The van der Waals surface area contributed by atoms with Crippen molar-refractivity contribution >= 4 is 24.3 Å². The van der Waals surface area contributed by atoms with Gasteiger partial charge in [0.05, 0.1) is 11.1 Å². The molecule has 6 unspecified atom stereocenters. The second-order valence-corrected chi connectivity index (χ2v) is 14.0. The van der Waals surface area contributed by atoms with Gasteiger partial charge in [-0.05, 0) is 117 Å². The van der Waals surface area contributed by atoms with Crippen molar-refractivity contribution in [3.05, 3.63) is 101 Å². The Balaban J connectivity index is 0.000000220.